The number of benzene rings is 2. The van der Waals surface area contributed by atoms with E-state index in [4.69, 9.17) is 28.9 Å². The molecule has 1 amide bonds. The summed E-state index contributed by atoms with van der Waals surface area (Å²) in [4.78, 5) is 14.0. The molecule has 0 aliphatic rings. The lowest BCUT2D eigenvalue weighted by Crippen LogP contribution is -2.26. The molecule has 0 saturated carbocycles. The average Bonchev–Trinajstić information content (AvgIpc) is 2.52. The second-order valence-electron chi connectivity index (χ2n) is 5.86. The first-order chi connectivity index (χ1) is 11.4. The molecule has 0 aromatic heterocycles. The largest absolute Gasteiger partial charge is 0.369 e. The quantitative estimate of drug-likeness (QED) is 0.770. The summed E-state index contributed by atoms with van der Waals surface area (Å²) in [5.41, 5.74) is 7.86. The minimum atomic E-state index is -0.391. The molecule has 0 saturated heterocycles. The third kappa shape index (κ3) is 4.63. The number of nitrogens with two attached hydrogens (primary N) is 1. The summed E-state index contributed by atoms with van der Waals surface area (Å²) in [6.45, 7) is 0.759. The summed E-state index contributed by atoms with van der Waals surface area (Å²) in [7, 11) is 3.93. The van der Waals surface area contributed by atoms with E-state index in [-0.39, 0.29) is 5.91 Å². The highest BCUT2D eigenvalue weighted by Gasteiger charge is 2.21. The van der Waals surface area contributed by atoms with Gasteiger partial charge in [0.1, 0.15) is 0 Å². The van der Waals surface area contributed by atoms with Gasteiger partial charge >= 0.3 is 0 Å². The molecule has 0 aliphatic carbocycles. The number of anilines is 2. The zero-order valence-electron chi connectivity index (χ0n) is 13.7. The molecule has 3 N–H and O–H groups in total. The zero-order valence-corrected chi connectivity index (χ0v) is 15.2. The van der Waals surface area contributed by atoms with Gasteiger partial charge in [-0.1, -0.05) is 47.5 Å². The minimum absolute atomic E-state index is 0.351. The van der Waals surface area contributed by atoms with Crippen molar-refractivity contribution < 1.29 is 4.79 Å². The number of amides is 1. The van der Waals surface area contributed by atoms with E-state index in [1.54, 1.807) is 18.2 Å². The van der Waals surface area contributed by atoms with Crippen molar-refractivity contribution in [1.82, 2.24) is 4.90 Å². The Balaban J connectivity index is 2.37. The smallest absolute Gasteiger partial charge is 0.225 e. The molecular weight excluding hydrogens is 345 g/mol. The Morgan fingerprint density at radius 3 is 2.33 bits per heavy atom. The number of carbonyl (C=O) groups excluding carboxylic acids is 1. The molecular formula is C18H21Cl2N3O. The first kappa shape index (κ1) is 18.6. The zero-order chi connectivity index (χ0) is 17.7. The van der Waals surface area contributed by atoms with Gasteiger partial charge in [-0.3, -0.25) is 4.79 Å². The number of nitrogens with zero attached hydrogens (tertiary/aromatic N) is 1. The van der Waals surface area contributed by atoms with E-state index < -0.39 is 5.92 Å². The average molecular weight is 366 g/mol. The molecule has 128 valence electrons. The van der Waals surface area contributed by atoms with Crippen LogP contribution < -0.4 is 11.1 Å². The van der Waals surface area contributed by atoms with Crippen LogP contribution >= 0.6 is 23.2 Å². The van der Waals surface area contributed by atoms with Crippen LogP contribution in [0.2, 0.25) is 10.0 Å². The lowest BCUT2D eigenvalue weighted by atomic mass is 9.93. The molecule has 24 heavy (non-hydrogen) atoms. The van der Waals surface area contributed by atoms with Crippen LogP contribution in [0.15, 0.2) is 42.5 Å². The number of primary amides is 1. The highest BCUT2D eigenvalue weighted by Crippen LogP contribution is 2.35. The van der Waals surface area contributed by atoms with E-state index in [2.05, 4.69) is 5.32 Å². The monoisotopic (exact) mass is 365 g/mol. The molecule has 2 aromatic rings. The third-order valence-electron chi connectivity index (χ3n) is 3.77. The van der Waals surface area contributed by atoms with Crippen molar-refractivity contribution in [3.8, 4) is 0 Å². The number of carbonyl (C=O) groups is 1. The summed E-state index contributed by atoms with van der Waals surface area (Å²) in [6, 6.07) is 12.9. The molecule has 0 radical (unpaired) electrons. The molecule has 2 aromatic carbocycles. The molecule has 0 bridgehead atoms. The second-order valence-corrected chi connectivity index (χ2v) is 6.67. The topological polar surface area (TPSA) is 58.4 Å². The molecule has 0 spiro atoms. The van der Waals surface area contributed by atoms with Gasteiger partial charge < -0.3 is 16.0 Å². The Bertz CT molecular complexity index is 699. The van der Waals surface area contributed by atoms with E-state index in [0.717, 1.165) is 17.8 Å². The Hall–Kier alpha value is -1.75. The van der Waals surface area contributed by atoms with Gasteiger partial charge in [-0.15, -0.1) is 0 Å². The minimum Gasteiger partial charge on any atom is -0.369 e. The second kappa shape index (κ2) is 8.38. The van der Waals surface area contributed by atoms with Crippen molar-refractivity contribution in [2.45, 2.75) is 12.3 Å². The van der Waals surface area contributed by atoms with Crippen LogP contribution in [-0.2, 0) is 4.79 Å². The van der Waals surface area contributed by atoms with Crippen molar-refractivity contribution in [3.05, 3.63) is 58.1 Å². The standard InChI is InChI=1S/C18H21Cl2N3O/c1-23(2)11-10-13(18(21)24)12-6-3-4-9-16(12)22-17-14(19)7-5-8-15(17)20/h3-9,13,22H,10-11H2,1-2H3,(H2,21,24). The normalized spacial score (nSPS) is 12.2. The summed E-state index contributed by atoms with van der Waals surface area (Å²) >= 11 is 12.5. The van der Waals surface area contributed by atoms with Crippen LogP contribution in [0.4, 0.5) is 11.4 Å². The number of nitrogens with one attached hydrogen (secondary N) is 1. The van der Waals surface area contributed by atoms with Crippen molar-refractivity contribution in [1.29, 1.82) is 0 Å². The van der Waals surface area contributed by atoms with E-state index in [0.29, 0.717) is 22.2 Å². The van der Waals surface area contributed by atoms with Crippen molar-refractivity contribution in [2.75, 3.05) is 26.0 Å². The molecule has 0 aliphatic heterocycles. The highest BCUT2D eigenvalue weighted by molar-refractivity contribution is 6.39. The maximum atomic E-state index is 12.0. The Morgan fingerprint density at radius 2 is 1.75 bits per heavy atom. The fourth-order valence-electron chi connectivity index (χ4n) is 2.50. The van der Waals surface area contributed by atoms with Crippen molar-refractivity contribution in [2.24, 2.45) is 5.73 Å². The Morgan fingerprint density at radius 1 is 1.12 bits per heavy atom. The van der Waals surface area contributed by atoms with Gasteiger partial charge in [0.25, 0.3) is 0 Å². The fraction of sp³-hybridized carbons (Fsp3) is 0.278. The van der Waals surface area contributed by atoms with Crippen LogP contribution in [0.25, 0.3) is 0 Å². The van der Waals surface area contributed by atoms with Crippen LogP contribution in [0.1, 0.15) is 17.9 Å². The van der Waals surface area contributed by atoms with E-state index in [1.165, 1.54) is 0 Å². The third-order valence-corrected chi connectivity index (χ3v) is 4.40. The summed E-state index contributed by atoms with van der Waals surface area (Å²) in [6.07, 6.45) is 0.636. The number of hydrogen-bond donors (Lipinski definition) is 2. The molecule has 4 nitrogen and oxygen atoms in total. The molecule has 0 fully saturated rings. The maximum absolute atomic E-state index is 12.0. The summed E-state index contributed by atoms with van der Waals surface area (Å²) in [5, 5.41) is 4.28. The Labute approximate surface area is 152 Å². The molecule has 6 heteroatoms. The maximum Gasteiger partial charge on any atom is 0.225 e. The van der Waals surface area contributed by atoms with Gasteiger partial charge in [0.2, 0.25) is 5.91 Å². The molecule has 2 rings (SSSR count). The molecule has 0 heterocycles. The van der Waals surface area contributed by atoms with Gasteiger partial charge in [-0.2, -0.15) is 0 Å². The van der Waals surface area contributed by atoms with Crippen molar-refractivity contribution >= 4 is 40.5 Å². The van der Waals surface area contributed by atoms with E-state index in [9.17, 15) is 4.79 Å². The first-order valence-corrected chi connectivity index (χ1v) is 8.39. The number of para-hydroxylation sites is 2. The van der Waals surface area contributed by atoms with E-state index >= 15 is 0 Å². The van der Waals surface area contributed by atoms with Gasteiger partial charge in [0.05, 0.1) is 21.7 Å². The lowest BCUT2D eigenvalue weighted by Gasteiger charge is -2.21. The van der Waals surface area contributed by atoms with Gasteiger partial charge in [-0.25, -0.2) is 0 Å². The summed E-state index contributed by atoms with van der Waals surface area (Å²) in [5.74, 6) is -0.742. The molecule has 1 atom stereocenters. The van der Waals surface area contributed by atoms with Crippen LogP contribution in [0, 0.1) is 0 Å². The fourth-order valence-corrected chi connectivity index (χ4v) is 3.00. The lowest BCUT2D eigenvalue weighted by molar-refractivity contribution is -0.119. The Kier molecular flexibility index (Phi) is 6.49. The highest BCUT2D eigenvalue weighted by atomic mass is 35.5. The number of halogens is 2. The first-order valence-electron chi connectivity index (χ1n) is 7.64. The van der Waals surface area contributed by atoms with Crippen molar-refractivity contribution in [3.63, 3.8) is 0 Å². The predicted molar refractivity (Wildman–Crippen MR) is 101 cm³/mol. The van der Waals surface area contributed by atoms with Gasteiger partial charge in [0.15, 0.2) is 0 Å². The van der Waals surface area contributed by atoms with Crippen LogP contribution in [0.3, 0.4) is 0 Å². The number of hydrogen-bond acceptors (Lipinski definition) is 3. The predicted octanol–water partition coefficient (Wildman–Crippen LogP) is 4.26. The van der Waals surface area contributed by atoms with Crippen LogP contribution in [-0.4, -0.2) is 31.4 Å². The summed E-state index contributed by atoms with van der Waals surface area (Å²) < 4.78 is 0. The van der Waals surface area contributed by atoms with Gasteiger partial charge in [0, 0.05) is 5.69 Å². The van der Waals surface area contributed by atoms with Crippen LogP contribution in [0.5, 0.6) is 0 Å². The van der Waals surface area contributed by atoms with E-state index in [1.807, 2.05) is 43.3 Å². The number of rotatable bonds is 7. The molecule has 1 unspecified atom stereocenters. The van der Waals surface area contributed by atoms with Gasteiger partial charge in [-0.05, 0) is 50.8 Å². The SMILES string of the molecule is CN(C)CCC(C(N)=O)c1ccccc1Nc1c(Cl)cccc1Cl.